The highest BCUT2D eigenvalue weighted by molar-refractivity contribution is 6.06. The van der Waals surface area contributed by atoms with Crippen molar-refractivity contribution in [3.8, 4) is 0 Å². The van der Waals surface area contributed by atoms with Crippen LogP contribution in [-0.2, 0) is 6.18 Å². The number of rotatable bonds is 6. The Morgan fingerprint density at radius 1 is 1.12 bits per heavy atom. The fourth-order valence-corrected chi connectivity index (χ4v) is 2.64. The van der Waals surface area contributed by atoms with Crippen molar-refractivity contribution < 1.29 is 18.0 Å². The van der Waals surface area contributed by atoms with Gasteiger partial charge in [-0.3, -0.25) is 4.79 Å². The van der Waals surface area contributed by atoms with Crippen LogP contribution in [0.25, 0.3) is 0 Å². The van der Waals surface area contributed by atoms with Gasteiger partial charge in [-0.25, -0.2) is 0 Å². The number of benzene rings is 2. The molecule has 2 nitrogen and oxygen atoms in total. The maximum Gasteiger partial charge on any atom is 0.416 e. The summed E-state index contributed by atoms with van der Waals surface area (Å²) >= 11 is 0. The van der Waals surface area contributed by atoms with Crippen LogP contribution in [0.1, 0.15) is 35.7 Å². The number of hydrogen-bond donors (Lipinski definition) is 0. The van der Waals surface area contributed by atoms with Crippen molar-refractivity contribution in [1.82, 2.24) is 0 Å². The first-order valence-electron chi connectivity index (χ1n) is 8.07. The maximum absolute atomic E-state index is 13.0. The molecule has 1 atom stereocenters. The molecule has 2 rings (SSSR count). The van der Waals surface area contributed by atoms with Crippen molar-refractivity contribution in [1.29, 1.82) is 0 Å². The third-order valence-corrected chi connectivity index (χ3v) is 3.90. The van der Waals surface area contributed by atoms with Crippen LogP contribution in [0, 0.1) is 0 Å². The van der Waals surface area contributed by atoms with Crippen molar-refractivity contribution >= 4 is 11.6 Å². The normalized spacial score (nSPS) is 12.5. The molecule has 0 aliphatic carbocycles. The number of nitrogens with zero attached hydrogens (tertiary/aromatic N) is 1. The minimum atomic E-state index is -4.41. The zero-order valence-corrected chi connectivity index (χ0v) is 14.0. The van der Waals surface area contributed by atoms with E-state index in [9.17, 15) is 18.0 Å². The van der Waals surface area contributed by atoms with E-state index in [0.29, 0.717) is 17.7 Å². The lowest BCUT2D eigenvalue weighted by Gasteiger charge is -2.30. The van der Waals surface area contributed by atoms with E-state index in [1.807, 2.05) is 6.92 Å². The van der Waals surface area contributed by atoms with E-state index in [0.717, 1.165) is 18.6 Å². The molecule has 132 valence electrons. The highest BCUT2D eigenvalue weighted by Crippen LogP contribution is 2.31. The van der Waals surface area contributed by atoms with Crippen molar-refractivity contribution in [2.24, 2.45) is 0 Å². The van der Waals surface area contributed by atoms with Gasteiger partial charge in [0.25, 0.3) is 5.91 Å². The van der Waals surface area contributed by atoms with Gasteiger partial charge in [-0.05, 0) is 42.8 Å². The van der Waals surface area contributed by atoms with Crippen LogP contribution >= 0.6 is 0 Å². The zero-order chi connectivity index (χ0) is 18.4. The standard InChI is InChI=1S/C20H20F3NO/c1-3-8-17(4-2)24(19(25)15-9-6-5-7-10-15)18-13-11-16(12-14-18)20(21,22)23/h4-7,9-14,17H,2-3,8H2,1H3/t17-/m0/s1. The SMILES string of the molecule is C=C[C@@H](CCC)N(C(=O)c1ccccc1)c1ccc(C(F)(F)F)cc1. The number of alkyl halides is 3. The fraction of sp³-hybridized carbons (Fsp3) is 0.250. The van der Waals surface area contributed by atoms with Gasteiger partial charge >= 0.3 is 6.18 Å². The number of carbonyl (C=O) groups is 1. The van der Waals surface area contributed by atoms with Gasteiger partial charge in [0, 0.05) is 11.3 Å². The summed E-state index contributed by atoms with van der Waals surface area (Å²) in [5.41, 5.74) is 0.152. The monoisotopic (exact) mass is 347 g/mol. The van der Waals surface area contributed by atoms with E-state index in [4.69, 9.17) is 0 Å². The molecule has 25 heavy (non-hydrogen) atoms. The molecule has 5 heteroatoms. The molecule has 0 spiro atoms. The van der Waals surface area contributed by atoms with Crippen LogP contribution in [0.4, 0.5) is 18.9 Å². The highest BCUT2D eigenvalue weighted by Gasteiger charge is 2.31. The molecule has 0 unspecified atom stereocenters. The van der Waals surface area contributed by atoms with Crippen LogP contribution in [-0.4, -0.2) is 11.9 Å². The predicted molar refractivity (Wildman–Crippen MR) is 93.6 cm³/mol. The summed E-state index contributed by atoms with van der Waals surface area (Å²) < 4.78 is 38.4. The van der Waals surface area contributed by atoms with E-state index in [1.165, 1.54) is 17.0 Å². The second-order valence-corrected chi connectivity index (χ2v) is 5.68. The molecule has 0 heterocycles. The minimum absolute atomic E-state index is 0.265. The Kier molecular flexibility index (Phi) is 6.02. The minimum Gasteiger partial charge on any atom is -0.302 e. The average molecular weight is 347 g/mol. The largest absolute Gasteiger partial charge is 0.416 e. The Hall–Kier alpha value is -2.56. The van der Waals surface area contributed by atoms with E-state index in [-0.39, 0.29) is 11.9 Å². The Morgan fingerprint density at radius 3 is 2.20 bits per heavy atom. The first-order valence-corrected chi connectivity index (χ1v) is 8.07. The third-order valence-electron chi connectivity index (χ3n) is 3.90. The van der Waals surface area contributed by atoms with Crippen LogP contribution in [0.3, 0.4) is 0 Å². The van der Waals surface area contributed by atoms with Gasteiger partial charge < -0.3 is 4.90 Å². The maximum atomic E-state index is 13.0. The quantitative estimate of drug-likeness (QED) is 0.613. The van der Waals surface area contributed by atoms with Crippen LogP contribution in [0.5, 0.6) is 0 Å². The van der Waals surface area contributed by atoms with Crippen molar-refractivity contribution in [3.63, 3.8) is 0 Å². The van der Waals surface area contributed by atoms with Gasteiger partial charge in [-0.2, -0.15) is 13.2 Å². The van der Waals surface area contributed by atoms with Crippen LogP contribution in [0.2, 0.25) is 0 Å². The molecule has 0 bridgehead atoms. The van der Waals surface area contributed by atoms with Gasteiger partial charge in [0.15, 0.2) is 0 Å². The van der Waals surface area contributed by atoms with Crippen molar-refractivity contribution in [2.75, 3.05) is 4.90 Å². The molecule has 0 saturated carbocycles. The van der Waals surface area contributed by atoms with E-state index in [2.05, 4.69) is 6.58 Å². The lowest BCUT2D eigenvalue weighted by molar-refractivity contribution is -0.137. The lowest BCUT2D eigenvalue weighted by Crippen LogP contribution is -2.39. The number of carbonyl (C=O) groups excluding carboxylic acids is 1. The fourth-order valence-electron chi connectivity index (χ4n) is 2.64. The van der Waals surface area contributed by atoms with Crippen molar-refractivity contribution in [2.45, 2.75) is 32.0 Å². The summed E-state index contributed by atoms with van der Waals surface area (Å²) in [7, 11) is 0. The first kappa shape index (κ1) is 18.8. The molecule has 0 aromatic heterocycles. The Morgan fingerprint density at radius 2 is 1.72 bits per heavy atom. The van der Waals surface area contributed by atoms with Crippen molar-refractivity contribution in [3.05, 3.63) is 78.4 Å². The molecule has 0 N–H and O–H groups in total. The van der Waals surface area contributed by atoms with Crippen LogP contribution in [0.15, 0.2) is 67.3 Å². The smallest absolute Gasteiger partial charge is 0.302 e. The lowest BCUT2D eigenvalue weighted by atomic mass is 10.1. The summed E-state index contributed by atoms with van der Waals surface area (Å²) in [6.07, 6.45) is -1.27. The average Bonchev–Trinajstić information content (AvgIpc) is 2.61. The van der Waals surface area contributed by atoms with E-state index in [1.54, 1.807) is 36.4 Å². The molecule has 0 aliphatic rings. The number of halogens is 3. The molecular formula is C20H20F3NO. The zero-order valence-electron chi connectivity index (χ0n) is 14.0. The third kappa shape index (κ3) is 4.50. The number of amides is 1. The Balaban J connectivity index is 2.44. The topological polar surface area (TPSA) is 20.3 Å². The summed E-state index contributed by atoms with van der Waals surface area (Å²) in [5, 5.41) is 0. The van der Waals surface area contributed by atoms with Gasteiger partial charge in [0.1, 0.15) is 0 Å². The van der Waals surface area contributed by atoms with Gasteiger partial charge in [0.05, 0.1) is 11.6 Å². The molecule has 0 aliphatic heterocycles. The predicted octanol–water partition coefficient (Wildman–Crippen LogP) is 5.71. The summed E-state index contributed by atoms with van der Waals surface area (Å²) in [6.45, 7) is 5.77. The van der Waals surface area contributed by atoms with E-state index >= 15 is 0 Å². The van der Waals surface area contributed by atoms with Gasteiger partial charge in [0.2, 0.25) is 0 Å². The summed E-state index contributed by atoms with van der Waals surface area (Å²) in [4.78, 5) is 14.5. The second kappa shape index (κ2) is 8.01. The Bertz CT molecular complexity index is 708. The molecule has 1 amide bonds. The molecule has 0 saturated heterocycles. The number of hydrogen-bond acceptors (Lipinski definition) is 1. The first-order chi connectivity index (χ1) is 11.9. The summed E-state index contributed by atoms with van der Waals surface area (Å²) in [5.74, 6) is -0.265. The van der Waals surface area contributed by atoms with E-state index < -0.39 is 11.7 Å². The Labute approximate surface area is 145 Å². The molecule has 0 radical (unpaired) electrons. The molecule has 2 aromatic carbocycles. The second-order valence-electron chi connectivity index (χ2n) is 5.68. The molecule has 2 aromatic rings. The van der Waals surface area contributed by atoms with Crippen LogP contribution < -0.4 is 4.90 Å². The molecular weight excluding hydrogens is 327 g/mol. The summed E-state index contributed by atoms with van der Waals surface area (Å²) in [6, 6.07) is 13.0. The van der Waals surface area contributed by atoms with Gasteiger partial charge in [-0.15, -0.1) is 6.58 Å². The number of anilines is 1. The van der Waals surface area contributed by atoms with Gasteiger partial charge in [-0.1, -0.05) is 37.6 Å². The highest BCUT2D eigenvalue weighted by atomic mass is 19.4. The molecule has 0 fully saturated rings.